The van der Waals surface area contributed by atoms with Gasteiger partial charge in [-0.15, -0.1) is 0 Å². The van der Waals surface area contributed by atoms with Crippen LogP contribution in [-0.2, 0) is 9.53 Å². The minimum Gasteiger partial charge on any atom is -0.484 e. The van der Waals surface area contributed by atoms with Crippen LogP contribution in [0, 0.1) is 0 Å². The minimum atomic E-state index is -0.160. The predicted octanol–water partition coefficient (Wildman–Crippen LogP) is 4.15. The van der Waals surface area contributed by atoms with Crippen molar-refractivity contribution in [2.24, 2.45) is 0 Å². The van der Waals surface area contributed by atoms with Gasteiger partial charge in [0.25, 0.3) is 5.91 Å². The summed E-state index contributed by atoms with van der Waals surface area (Å²) in [6, 6.07) is 16.0. The van der Waals surface area contributed by atoms with Gasteiger partial charge in [-0.1, -0.05) is 49.6 Å². The van der Waals surface area contributed by atoms with E-state index in [4.69, 9.17) is 9.47 Å². The third kappa shape index (κ3) is 7.02. The van der Waals surface area contributed by atoms with E-state index in [2.05, 4.69) is 5.32 Å². The van der Waals surface area contributed by atoms with Gasteiger partial charge >= 0.3 is 0 Å². The lowest BCUT2D eigenvalue weighted by atomic mass is 9.98. The summed E-state index contributed by atoms with van der Waals surface area (Å²) in [6.07, 6.45) is 7.38. The lowest BCUT2D eigenvalue weighted by molar-refractivity contribution is -0.123. The molecule has 0 spiro atoms. The normalized spacial score (nSPS) is 14.3. The van der Waals surface area contributed by atoms with E-state index in [1.165, 1.54) is 19.3 Å². The van der Waals surface area contributed by atoms with E-state index >= 15 is 0 Å². The van der Waals surface area contributed by atoms with E-state index in [0.29, 0.717) is 36.1 Å². The summed E-state index contributed by atoms with van der Waals surface area (Å²) < 4.78 is 11.4. The largest absolute Gasteiger partial charge is 0.484 e. The molecule has 1 saturated carbocycles. The number of carbonyl (C=O) groups is 2. The van der Waals surface area contributed by atoms with Crippen LogP contribution in [0.5, 0.6) is 5.75 Å². The summed E-state index contributed by atoms with van der Waals surface area (Å²) in [5, 5.41) is 2.84. The minimum absolute atomic E-state index is 0.0367. The number of hydrogen-bond acceptors (Lipinski definition) is 4. The highest BCUT2D eigenvalue weighted by Crippen LogP contribution is 2.20. The van der Waals surface area contributed by atoms with Gasteiger partial charge in [0.15, 0.2) is 12.4 Å². The van der Waals surface area contributed by atoms with E-state index < -0.39 is 0 Å². The summed E-state index contributed by atoms with van der Waals surface area (Å²) >= 11 is 0. The second-order valence-corrected chi connectivity index (χ2v) is 7.34. The maximum Gasteiger partial charge on any atom is 0.257 e. The number of amides is 1. The highest BCUT2D eigenvalue weighted by molar-refractivity contribution is 6.08. The van der Waals surface area contributed by atoms with Crippen molar-refractivity contribution >= 4 is 11.7 Å². The van der Waals surface area contributed by atoms with Gasteiger partial charge in [-0.25, -0.2) is 0 Å². The molecule has 3 rings (SSSR count). The molecule has 0 aromatic heterocycles. The Morgan fingerprint density at radius 1 is 0.897 bits per heavy atom. The number of ether oxygens (including phenoxy) is 2. The highest BCUT2D eigenvalue weighted by Gasteiger charge is 2.13. The Morgan fingerprint density at radius 2 is 1.59 bits per heavy atom. The molecule has 0 atom stereocenters. The average Bonchev–Trinajstić information content (AvgIpc) is 2.78. The van der Waals surface area contributed by atoms with Crippen LogP contribution in [0.2, 0.25) is 0 Å². The van der Waals surface area contributed by atoms with Crippen molar-refractivity contribution in [2.75, 3.05) is 19.8 Å². The third-order valence-electron chi connectivity index (χ3n) is 5.07. The first kappa shape index (κ1) is 21.1. The number of benzene rings is 2. The Bertz CT molecular complexity index is 767. The first-order valence-corrected chi connectivity index (χ1v) is 10.4. The molecule has 154 valence electrons. The first-order valence-electron chi connectivity index (χ1n) is 10.4. The van der Waals surface area contributed by atoms with E-state index in [9.17, 15) is 9.59 Å². The van der Waals surface area contributed by atoms with Crippen LogP contribution in [0.1, 0.15) is 54.4 Å². The molecule has 2 aromatic rings. The maximum atomic E-state index is 12.4. The molecule has 0 unspecified atom stereocenters. The Kier molecular flexibility index (Phi) is 8.25. The van der Waals surface area contributed by atoms with Crippen molar-refractivity contribution in [1.29, 1.82) is 0 Å². The molecular weight excluding hydrogens is 366 g/mol. The van der Waals surface area contributed by atoms with E-state index in [1.54, 1.807) is 36.4 Å². The van der Waals surface area contributed by atoms with Gasteiger partial charge in [0.1, 0.15) is 5.75 Å². The van der Waals surface area contributed by atoms with E-state index in [0.717, 1.165) is 19.3 Å². The fourth-order valence-electron chi connectivity index (χ4n) is 3.44. The Morgan fingerprint density at radius 3 is 2.31 bits per heavy atom. The predicted molar refractivity (Wildman–Crippen MR) is 112 cm³/mol. The Balaban J connectivity index is 1.32. The van der Waals surface area contributed by atoms with Gasteiger partial charge in [-0.05, 0) is 43.5 Å². The Hall–Kier alpha value is -2.66. The molecule has 1 aliphatic carbocycles. The molecular formula is C24H29NO4. The molecule has 1 fully saturated rings. The summed E-state index contributed by atoms with van der Waals surface area (Å²) in [7, 11) is 0. The van der Waals surface area contributed by atoms with Gasteiger partial charge < -0.3 is 14.8 Å². The molecule has 0 radical (unpaired) electrons. The third-order valence-corrected chi connectivity index (χ3v) is 5.07. The molecule has 0 aliphatic heterocycles. The fraction of sp³-hybridized carbons (Fsp3) is 0.417. The van der Waals surface area contributed by atoms with Crippen molar-refractivity contribution in [2.45, 2.75) is 44.6 Å². The first-order chi connectivity index (χ1) is 14.2. The lowest BCUT2D eigenvalue weighted by Gasteiger charge is -2.21. The van der Waals surface area contributed by atoms with Crippen LogP contribution in [0.25, 0.3) is 0 Å². The zero-order valence-corrected chi connectivity index (χ0v) is 16.8. The smallest absolute Gasteiger partial charge is 0.257 e. The second-order valence-electron chi connectivity index (χ2n) is 7.34. The van der Waals surface area contributed by atoms with Crippen molar-refractivity contribution in [3.8, 4) is 5.75 Å². The highest BCUT2D eigenvalue weighted by atomic mass is 16.5. The molecule has 2 aromatic carbocycles. The Labute approximate surface area is 172 Å². The van der Waals surface area contributed by atoms with Gasteiger partial charge in [-0.2, -0.15) is 0 Å². The lowest BCUT2D eigenvalue weighted by Crippen LogP contribution is -2.30. The zero-order valence-electron chi connectivity index (χ0n) is 16.8. The van der Waals surface area contributed by atoms with Crippen molar-refractivity contribution < 1.29 is 19.1 Å². The van der Waals surface area contributed by atoms with Gasteiger partial charge in [-0.3, -0.25) is 9.59 Å². The molecule has 0 saturated heterocycles. The summed E-state index contributed by atoms with van der Waals surface area (Å²) in [4.78, 5) is 24.3. The van der Waals surface area contributed by atoms with Crippen LogP contribution >= 0.6 is 0 Å². The number of rotatable bonds is 10. The average molecular weight is 395 g/mol. The van der Waals surface area contributed by atoms with Crippen molar-refractivity contribution in [3.05, 3.63) is 65.7 Å². The van der Waals surface area contributed by atoms with Crippen LogP contribution < -0.4 is 10.1 Å². The van der Waals surface area contributed by atoms with Crippen LogP contribution in [0.3, 0.4) is 0 Å². The van der Waals surface area contributed by atoms with Crippen molar-refractivity contribution in [3.63, 3.8) is 0 Å². The topological polar surface area (TPSA) is 64.6 Å². The zero-order chi connectivity index (χ0) is 20.3. The molecule has 1 aliphatic rings. The molecule has 1 amide bonds. The molecule has 5 nitrogen and oxygen atoms in total. The van der Waals surface area contributed by atoms with E-state index in [1.807, 2.05) is 18.2 Å². The van der Waals surface area contributed by atoms with Gasteiger partial charge in [0.05, 0.1) is 6.10 Å². The van der Waals surface area contributed by atoms with Gasteiger partial charge in [0, 0.05) is 24.3 Å². The van der Waals surface area contributed by atoms with Crippen LogP contribution in [0.15, 0.2) is 54.6 Å². The number of ketones is 1. The molecule has 1 N–H and O–H groups in total. The fourth-order valence-corrected chi connectivity index (χ4v) is 3.44. The molecule has 0 heterocycles. The number of hydrogen-bond donors (Lipinski definition) is 1. The van der Waals surface area contributed by atoms with Gasteiger partial charge in [0.2, 0.25) is 0 Å². The molecule has 29 heavy (non-hydrogen) atoms. The van der Waals surface area contributed by atoms with Crippen molar-refractivity contribution in [1.82, 2.24) is 5.32 Å². The summed E-state index contributed by atoms with van der Waals surface area (Å²) in [5.41, 5.74) is 1.24. The molecule has 0 bridgehead atoms. The summed E-state index contributed by atoms with van der Waals surface area (Å²) in [6.45, 7) is 1.22. The standard InChI is InChI=1S/C24H29NO4/c26-23(25-16-7-17-28-21-10-5-2-6-11-21)18-29-22-14-12-20(13-15-22)24(27)19-8-3-1-4-9-19/h1,3-4,8-9,12-15,21H,2,5-7,10-11,16-18H2,(H,25,26). The quantitative estimate of drug-likeness (QED) is 0.485. The summed E-state index contributed by atoms with van der Waals surface area (Å²) in [5.74, 6) is 0.364. The number of nitrogens with one attached hydrogen (secondary N) is 1. The monoisotopic (exact) mass is 395 g/mol. The molecule has 5 heteroatoms. The second kappa shape index (κ2) is 11.4. The number of carbonyl (C=O) groups excluding carboxylic acids is 2. The maximum absolute atomic E-state index is 12.4. The van der Waals surface area contributed by atoms with E-state index in [-0.39, 0.29) is 18.3 Å². The SMILES string of the molecule is O=C(COc1ccc(C(=O)c2ccccc2)cc1)NCCCOC1CCCCC1. The van der Waals surface area contributed by atoms with Crippen LogP contribution in [0.4, 0.5) is 0 Å². The van der Waals surface area contributed by atoms with Crippen LogP contribution in [-0.4, -0.2) is 37.6 Å².